The zero-order chi connectivity index (χ0) is 16.8. The lowest BCUT2D eigenvalue weighted by Crippen LogP contribution is -2.45. The van der Waals surface area contributed by atoms with E-state index in [1.54, 1.807) is 11.8 Å². The Morgan fingerprint density at radius 1 is 1.30 bits per heavy atom. The highest BCUT2D eigenvalue weighted by Gasteiger charge is 2.26. The number of amides is 2. The van der Waals surface area contributed by atoms with Crippen molar-refractivity contribution in [3.8, 4) is 5.75 Å². The van der Waals surface area contributed by atoms with E-state index in [-0.39, 0.29) is 17.7 Å². The van der Waals surface area contributed by atoms with Crippen LogP contribution in [-0.2, 0) is 9.59 Å². The van der Waals surface area contributed by atoms with E-state index in [2.05, 4.69) is 5.32 Å². The van der Waals surface area contributed by atoms with Crippen molar-refractivity contribution in [3.05, 3.63) is 29.3 Å². The van der Waals surface area contributed by atoms with Crippen molar-refractivity contribution in [1.29, 1.82) is 0 Å². The van der Waals surface area contributed by atoms with Gasteiger partial charge < -0.3 is 15.0 Å². The fraction of sp³-hybridized carbons (Fsp3) is 0.556. The molecule has 0 aromatic heterocycles. The Morgan fingerprint density at radius 2 is 2.00 bits per heavy atom. The number of nitrogens with one attached hydrogen (secondary N) is 1. The fourth-order valence-corrected chi connectivity index (χ4v) is 2.98. The summed E-state index contributed by atoms with van der Waals surface area (Å²) in [5.74, 6) is 0.844. The summed E-state index contributed by atoms with van der Waals surface area (Å²) in [5, 5.41) is 2.92. The summed E-state index contributed by atoms with van der Waals surface area (Å²) in [7, 11) is 0. The zero-order valence-electron chi connectivity index (χ0n) is 14.2. The lowest BCUT2D eigenvalue weighted by Gasteiger charge is -2.31. The van der Waals surface area contributed by atoms with Crippen LogP contribution in [0.1, 0.15) is 30.9 Å². The molecule has 1 heterocycles. The quantitative estimate of drug-likeness (QED) is 0.846. The average molecular weight is 318 g/mol. The van der Waals surface area contributed by atoms with Gasteiger partial charge in [0.25, 0.3) is 0 Å². The maximum atomic E-state index is 12.2. The topological polar surface area (TPSA) is 58.6 Å². The molecule has 2 rings (SSSR count). The zero-order valence-corrected chi connectivity index (χ0v) is 14.2. The van der Waals surface area contributed by atoms with Crippen LogP contribution in [0.4, 0.5) is 0 Å². The number of para-hydroxylation sites is 1. The number of ether oxygens (including phenoxy) is 1. The van der Waals surface area contributed by atoms with Gasteiger partial charge in [-0.05, 0) is 37.8 Å². The second-order valence-corrected chi connectivity index (χ2v) is 6.16. The lowest BCUT2D eigenvalue weighted by atomic mass is 9.97. The standard InChI is InChI=1S/C18H26N2O3/c1-13-6-4-7-14(2)17(13)23-11-9-19-18(22)16-8-5-10-20(12-16)15(3)21/h4,6-7,16H,5,8-12H2,1-3H3,(H,19,22). The average Bonchev–Trinajstić information content (AvgIpc) is 2.53. The molecule has 1 saturated heterocycles. The highest BCUT2D eigenvalue weighted by atomic mass is 16.5. The third-order valence-corrected chi connectivity index (χ3v) is 4.29. The SMILES string of the molecule is CC(=O)N1CCCC(C(=O)NCCOc2c(C)cccc2C)C1. The molecule has 23 heavy (non-hydrogen) atoms. The number of hydrogen-bond donors (Lipinski definition) is 1. The molecule has 126 valence electrons. The normalized spacial score (nSPS) is 17.7. The van der Waals surface area contributed by atoms with Gasteiger partial charge in [0.2, 0.25) is 11.8 Å². The van der Waals surface area contributed by atoms with Gasteiger partial charge in [0.05, 0.1) is 12.5 Å². The summed E-state index contributed by atoms with van der Waals surface area (Å²) in [5.41, 5.74) is 2.20. The van der Waals surface area contributed by atoms with Crippen LogP contribution in [0.2, 0.25) is 0 Å². The predicted molar refractivity (Wildman–Crippen MR) is 89.4 cm³/mol. The number of piperidine rings is 1. The van der Waals surface area contributed by atoms with E-state index in [9.17, 15) is 9.59 Å². The molecule has 1 fully saturated rings. The molecule has 1 atom stereocenters. The summed E-state index contributed by atoms with van der Waals surface area (Å²) < 4.78 is 5.79. The Balaban J connectivity index is 1.76. The third kappa shape index (κ3) is 4.71. The van der Waals surface area contributed by atoms with Gasteiger partial charge in [0.1, 0.15) is 12.4 Å². The molecule has 1 aromatic carbocycles. The van der Waals surface area contributed by atoms with Crippen LogP contribution < -0.4 is 10.1 Å². The van der Waals surface area contributed by atoms with E-state index in [1.165, 1.54) is 0 Å². The summed E-state index contributed by atoms with van der Waals surface area (Å²) in [6, 6.07) is 6.03. The first-order chi connectivity index (χ1) is 11.0. The Hall–Kier alpha value is -2.04. The molecule has 0 bridgehead atoms. The number of hydrogen-bond acceptors (Lipinski definition) is 3. The van der Waals surface area contributed by atoms with Crippen molar-refractivity contribution in [2.45, 2.75) is 33.6 Å². The van der Waals surface area contributed by atoms with Crippen LogP contribution in [0.5, 0.6) is 5.75 Å². The molecule has 1 aliphatic heterocycles. The number of carbonyl (C=O) groups excluding carboxylic acids is 2. The molecule has 5 heteroatoms. The second kappa shape index (κ2) is 7.99. The maximum Gasteiger partial charge on any atom is 0.225 e. The van der Waals surface area contributed by atoms with Crippen LogP contribution in [-0.4, -0.2) is 43.0 Å². The second-order valence-electron chi connectivity index (χ2n) is 6.16. The molecule has 0 radical (unpaired) electrons. The van der Waals surface area contributed by atoms with Crippen molar-refractivity contribution in [2.75, 3.05) is 26.2 Å². The summed E-state index contributed by atoms with van der Waals surface area (Å²) >= 11 is 0. The van der Waals surface area contributed by atoms with E-state index in [4.69, 9.17) is 4.74 Å². The van der Waals surface area contributed by atoms with Crippen molar-refractivity contribution < 1.29 is 14.3 Å². The first-order valence-electron chi connectivity index (χ1n) is 8.21. The van der Waals surface area contributed by atoms with Gasteiger partial charge in [-0.2, -0.15) is 0 Å². The van der Waals surface area contributed by atoms with Crippen molar-refractivity contribution in [3.63, 3.8) is 0 Å². The van der Waals surface area contributed by atoms with Crippen LogP contribution in [0, 0.1) is 19.8 Å². The lowest BCUT2D eigenvalue weighted by molar-refractivity contribution is -0.134. The largest absolute Gasteiger partial charge is 0.491 e. The number of rotatable bonds is 5. The number of carbonyl (C=O) groups is 2. The molecule has 1 aliphatic rings. The third-order valence-electron chi connectivity index (χ3n) is 4.29. The Morgan fingerprint density at radius 3 is 2.65 bits per heavy atom. The minimum absolute atomic E-state index is 0.0149. The minimum Gasteiger partial charge on any atom is -0.491 e. The molecule has 1 aromatic rings. The minimum atomic E-state index is -0.104. The summed E-state index contributed by atoms with van der Waals surface area (Å²) in [4.78, 5) is 25.4. The first-order valence-corrected chi connectivity index (χ1v) is 8.21. The Kier molecular flexibility index (Phi) is 6.02. The fourth-order valence-electron chi connectivity index (χ4n) is 2.98. The van der Waals surface area contributed by atoms with E-state index in [0.717, 1.165) is 36.3 Å². The molecule has 1 unspecified atom stereocenters. The molecule has 5 nitrogen and oxygen atoms in total. The van der Waals surface area contributed by atoms with Crippen molar-refractivity contribution >= 4 is 11.8 Å². The van der Waals surface area contributed by atoms with E-state index < -0.39 is 0 Å². The molecule has 0 aliphatic carbocycles. The Labute approximate surface area is 138 Å². The maximum absolute atomic E-state index is 12.2. The van der Waals surface area contributed by atoms with Gasteiger partial charge in [-0.3, -0.25) is 9.59 Å². The molecular weight excluding hydrogens is 292 g/mol. The summed E-state index contributed by atoms with van der Waals surface area (Å²) in [6.45, 7) is 7.79. The van der Waals surface area contributed by atoms with Crippen molar-refractivity contribution in [1.82, 2.24) is 10.2 Å². The Bertz CT molecular complexity index is 551. The number of benzene rings is 1. The van der Waals surface area contributed by atoms with Crippen LogP contribution in [0.15, 0.2) is 18.2 Å². The monoisotopic (exact) mass is 318 g/mol. The van der Waals surface area contributed by atoms with E-state index in [0.29, 0.717) is 19.7 Å². The van der Waals surface area contributed by atoms with Crippen LogP contribution in [0.25, 0.3) is 0 Å². The number of aryl methyl sites for hydroxylation is 2. The van der Waals surface area contributed by atoms with Crippen molar-refractivity contribution in [2.24, 2.45) is 5.92 Å². The molecular formula is C18H26N2O3. The summed E-state index contributed by atoms with van der Waals surface area (Å²) in [6.07, 6.45) is 1.73. The predicted octanol–water partition coefficient (Wildman–Crippen LogP) is 2.06. The van der Waals surface area contributed by atoms with Gasteiger partial charge in [0.15, 0.2) is 0 Å². The van der Waals surface area contributed by atoms with Gasteiger partial charge >= 0.3 is 0 Å². The number of nitrogens with zero attached hydrogens (tertiary/aromatic N) is 1. The highest BCUT2D eigenvalue weighted by molar-refractivity contribution is 5.80. The molecule has 0 spiro atoms. The van der Waals surface area contributed by atoms with Crippen LogP contribution in [0.3, 0.4) is 0 Å². The molecule has 0 saturated carbocycles. The van der Waals surface area contributed by atoms with E-state index >= 15 is 0 Å². The molecule has 2 amide bonds. The number of likely N-dealkylation sites (tertiary alicyclic amines) is 1. The molecule has 1 N–H and O–H groups in total. The van der Waals surface area contributed by atoms with Gasteiger partial charge in [-0.15, -0.1) is 0 Å². The van der Waals surface area contributed by atoms with Gasteiger partial charge in [-0.1, -0.05) is 18.2 Å². The van der Waals surface area contributed by atoms with Crippen LogP contribution >= 0.6 is 0 Å². The van der Waals surface area contributed by atoms with Gasteiger partial charge in [0, 0.05) is 20.0 Å². The van der Waals surface area contributed by atoms with Gasteiger partial charge in [-0.25, -0.2) is 0 Å². The smallest absolute Gasteiger partial charge is 0.225 e. The van der Waals surface area contributed by atoms with E-state index in [1.807, 2.05) is 32.0 Å². The first kappa shape index (κ1) is 17.3. The highest BCUT2D eigenvalue weighted by Crippen LogP contribution is 2.22.